The Hall–Kier alpha value is -2.45. The highest BCUT2D eigenvalue weighted by Crippen LogP contribution is 2.33. The van der Waals surface area contributed by atoms with Crippen molar-refractivity contribution in [2.45, 2.75) is 19.7 Å². The van der Waals surface area contributed by atoms with E-state index in [0.29, 0.717) is 22.8 Å². The molecule has 0 fully saturated rings. The molecule has 6 nitrogen and oxygen atoms in total. The van der Waals surface area contributed by atoms with Crippen LogP contribution in [0.15, 0.2) is 35.3 Å². The lowest BCUT2D eigenvalue weighted by Crippen LogP contribution is -2.36. The van der Waals surface area contributed by atoms with Crippen molar-refractivity contribution in [2.75, 3.05) is 14.2 Å². The molecule has 0 bridgehead atoms. The average Bonchev–Trinajstić information content (AvgIpc) is 2.65. The second kappa shape index (κ2) is 10.2. The molecular weight excluding hydrogens is 415 g/mol. The van der Waals surface area contributed by atoms with Crippen LogP contribution in [-0.4, -0.2) is 31.8 Å². The number of methoxy groups -OCH3 is 1. The number of nitrogens with one attached hydrogen (secondary N) is 2. The average molecular weight is 434 g/mol. The molecule has 0 saturated heterocycles. The highest BCUT2D eigenvalue weighted by atomic mass is 35.5. The monoisotopic (exact) mass is 433 g/mol. The molecule has 0 saturated carbocycles. The molecule has 152 valence electrons. The highest BCUT2D eigenvalue weighted by Gasteiger charge is 2.15. The van der Waals surface area contributed by atoms with Gasteiger partial charge in [-0.05, 0) is 30.3 Å². The van der Waals surface area contributed by atoms with Crippen molar-refractivity contribution in [1.82, 2.24) is 10.6 Å². The van der Waals surface area contributed by atoms with Gasteiger partial charge in [0.05, 0.1) is 12.1 Å². The van der Waals surface area contributed by atoms with Crippen LogP contribution in [0.5, 0.6) is 17.2 Å². The number of hydrogen-bond acceptors (Lipinski definition) is 4. The van der Waals surface area contributed by atoms with Crippen LogP contribution in [0.4, 0.5) is 8.78 Å². The summed E-state index contributed by atoms with van der Waals surface area (Å²) in [5.41, 5.74) is 0.930. The van der Waals surface area contributed by atoms with Crippen LogP contribution < -0.4 is 20.1 Å². The van der Waals surface area contributed by atoms with Crippen molar-refractivity contribution in [2.24, 2.45) is 4.99 Å². The van der Waals surface area contributed by atoms with Crippen LogP contribution in [0, 0.1) is 0 Å². The van der Waals surface area contributed by atoms with Gasteiger partial charge in [-0.2, -0.15) is 8.78 Å². The molecule has 0 unspecified atom stereocenters. The Balaban J connectivity index is 2.07. The topological polar surface area (TPSA) is 75.1 Å². The van der Waals surface area contributed by atoms with Gasteiger partial charge in [0.15, 0.2) is 5.96 Å². The summed E-state index contributed by atoms with van der Waals surface area (Å²) in [5.74, 6) is 0.897. The predicted octanol–water partition coefficient (Wildman–Crippen LogP) is 4.17. The van der Waals surface area contributed by atoms with Crippen molar-refractivity contribution in [3.63, 3.8) is 0 Å². The Morgan fingerprint density at radius 1 is 1.14 bits per heavy atom. The molecule has 0 aliphatic heterocycles. The van der Waals surface area contributed by atoms with Gasteiger partial charge in [0.25, 0.3) is 0 Å². The summed E-state index contributed by atoms with van der Waals surface area (Å²) in [6.07, 6.45) is 0. The van der Waals surface area contributed by atoms with Gasteiger partial charge in [-0.25, -0.2) is 0 Å². The number of rotatable bonds is 7. The van der Waals surface area contributed by atoms with E-state index in [2.05, 4.69) is 20.4 Å². The molecule has 2 rings (SSSR count). The van der Waals surface area contributed by atoms with Crippen molar-refractivity contribution < 1.29 is 23.4 Å². The van der Waals surface area contributed by atoms with Crippen molar-refractivity contribution in [3.05, 3.63) is 51.5 Å². The molecule has 0 aliphatic rings. The molecule has 0 aromatic heterocycles. The molecule has 28 heavy (non-hydrogen) atoms. The first-order chi connectivity index (χ1) is 13.3. The molecule has 0 spiro atoms. The summed E-state index contributed by atoms with van der Waals surface area (Å²) in [4.78, 5) is 4.05. The summed E-state index contributed by atoms with van der Waals surface area (Å²) < 4.78 is 34.9. The van der Waals surface area contributed by atoms with E-state index in [-0.39, 0.29) is 34.6 Å². The standard InChI is InChI=1S/C18H19Cl2F2N3O3/c1-23-18(24-8-10-6-13(27-2)3-4-15(10)26)25-9-11-5-12(19)7-14(20)16(11)28-17(21)22/h3-7,17,26H,8-9H2,1-2H3,(H2,23,24,25). The van der Waals surface area contributed by atoms with Crippen LogP contribution in [0.1, 0.15) is 11.1 Å². The van der Waals surface area contributed by atoms with Crippen LogP contribution in [0.25, 0.3) is 0 Å². The van der Waals surface area contributed by atoms with Crippen molar-refractivity contribution in [1.29, 1.82) is 0 Å². The Labute approximate surface area is 171 Å². The van der Waals surface area contributed by atoms with Gasteiger partial charge >= 0.3 is 6.61 Å². The maximum absolute atomic E-state index is 12.6. The van der Waals surface area contributed by atoms with Crippen molar-refractivity contribution >= 4 is 29.2 Å². The largest absolute Gasteiger partial charge is 0.508 e. The summed E-state index contributed by atoms with van der Waals surface area (Å²) in [5, 5.41) is 16.2. The number of ether oxygens (including phenoxy) is 2. The fourth-order valence-corrected chi connectivity index (χ4v) is 2.96. The third kappa shape index (κ3) is 6.03. The molecule has 2 aromatic carbocycles. The van der Waals surface area contributed by atoms with E-state index in [9.17, 15) is 13.9 Å². The number of alkyl halides is 2. The Morgan fingerprint density at radius 2 is 1.82 bits per heavy atom. The third-order valence-corrected chi connectivity index (χ3v) is 4.19. The molecule has 0 amide bonds. The maximum atomic E-state index is 12.6. The first-order valence-electron chi connectivity index (χ1n) is 8.07. The first-order valence-corrected chi connectivity index (χ1v) is 8.82. The molecule has 0 heterocycles. The second-order valence-corrected chi connectivity index (χ2v) is 6.37. The summed E-state index contributed by atoms with van der Waals surface area (Å²) >= 11 is 11.9. The normalized spacial score (nSPS) is 11.5. The van der Waals surface area contributed by atoms with Crippen LogP contribution in [0.3, 0.4) is 0 Å². The molecule has 0 radical (unpaired) electrons. The zero-order chi connectivity index (χ0) is 20.7. The van der Waals surface area contributed by atoms with E-state index in [1.165, 1.54) is 25.3 Å². The number of guanidine groups is 1. The number of benzene rings is 2. The van der Waals surface area contributed by atoms with E-state index in [0.717, 1.165) is 0 Å². The quantitative estimate of drug-likeness (QED) is 0.451. The number of phenols is 1. The zero-order valence-corrected chi connectivity index (χ0v) is 16.6. The smallest absolute Gasteiger partial charge is 0.387 e. The summed E-state index contributed by atoms with van der Waals surface area (Å²) in [6.45, 7) is -2.70. The highest BCUT2D eigenvalue weighted by molar-refractivity contribution is 6.35. The summed E-state index contributed by atoms with van der Waals surface area (Å²) in [7, 11) is 3.07. The van der Waals surface area contributed by atoms with Gasteiger partial charge in [-0.1, -0.05) is 23.2 Å². The van der Waals surface area contributed by atoms with Gasteiger partial charge in [-0.3, -0.25) is 4.99 Å². The SMILES string of the molecule is CN=C(NCc1cc(OC)ccc1O)NCc1cc(Cl)cc(Cl)c1OC(F)F. The Kier molecular flexibility index (Phi) is 7.95. The molecule has 2 aromatic rings. The molecule has 3 N–H and O–H groups in total. The van der Waals surface area contributed by atoms with Crippen molar-refractivity contribution in [3.8, 4) is 17.2 Å². The van der Waals surface area contributed by atoms with Gasteiger partial charge in [0, 0.05) is 36.3 Å². The number of nitrogens with zero attached hydrogens (tertiary/aromatic N) is 1. The van der Waals surface area contributed by atoms with Crippen LogP contribution >= 0.6 is 23.2 Å². The minimum Gasteiger partial charge on any atom is -0.508 e. The molecule has 0 aliphatic carbocycles. The second-order valence-electron chi connectivity index (χ2n) is 5.53. The van der Waals surface area contributed by atoms with Crippen LogP contribution in [0.2, 0.25) is 10.0 Å². The number of hydrogen-bond donors (Lipinski definition) is 3. The number of aliphatic imine (C=N–C) groups is 1. The van der Waals surface area contributed by atoms with Gasteiger partial charge in [0.2, 0.25) is 0 Å². The molecule has 0 atom stereocenters. The minimum absolute atomic E-state index is 0.0196. The van der Waals surface area contributed by atoms with Gasteiger partial charge in [0.1, 0.15) is 17.2 Å². The first kappa shape index (κ1) is 21.8. The predicted molar refractivity (Wildman–Crippen MR) is 105 cm³/mol. The van der Waals surface area contributed by atoms with Crippen LogP contribution in [-0.2, 0) is 13.1 Å². The maximum Gasteiger partial charge on any atom is 0.387 e. The van der Waals surface area contributed by atoms with E-state index < -0.39 is 6.61 Å². The van der Waals surface area contributed by atoms with E-state index >= 15 is 0 Å². The number of phenolic OH excluding ortho intramolecular Hbond substituents is 1. The number of aromatic hydroxyl groups is 1. The summed E-state index contributed by atoms with van der Waals surface area (Å²) in [6, 6.07) is 7.64. The third-order valence-electron chi connectivity index (χ3n) is 3.70. The Morgan fingerprint density at radius 3 is 2.43 bits per heavy atom. The molecule has 10 heteroatoms. The van der Waals surface area contributed by atoms with Gasteiger partial charge in [-0.15, -0.1) is 0 Å². The van der Waals surface area contributed by atoms with E-state index in [1.807, 2.05) is 0 Å². The fraction of sp³-hybridized carbons (Fsp3) is 0.278. The Bertz CT molecular complexity index is 851. The van der Waals surface area contributed by atoms with E-state index in [4.69, 9.17) is 27.9 Å². The lowest BCUT2D eigenvalue weighted by Gasteiger charge is -2.16. The van der Waals surface area contributed by atoms with Gasteiger partial charge < -0.3 is 25.2 Å². The van der Waals surface area contributed by atoms with E-state index in [1.54, 1.807) is 19.2 Å². The lowest BCUT2D eigenvalue weighted by molar-refractivity contribution is -0.0504. The number of halogens is 4. The molecular formula is C18H19Cl2F2N3O3. The zero-order valence-electron chi connectivity index (χ0n) is 15.1. The lowest BCUT2D eigenvalue weighted by atomic mass is 10.2. The fourth-order valence-electron chi connectivity index (χ4n) is 2.37. The minimum atomic E-state index is -3.02.